The fourth-order valence-corrected chi connectivity index (χ4v) is 1.81. The minimum absolute atomic E-state index is 0.743. The van der Waals surface area contributed by atoms with Crippen LogP contribution in [0.4, 0.5) is 5.69 Å². The Morgan fingerprint density at radius 3 is 2.35 bits per heavy atom. The Balaban J connectivity index is 2.57. The summed E-state index contributed by atoms with van der Waals surface area (Å²) < 4.78 is 5.10. The molecule has 0 aliphatic carbocycles. The first kappa shape index (κ1) is 14.0. The molecule has 1 aromatic carbocycles. The summed E-state index contributed by atoms with van der Waals surface area (Å²) in [5.74, 6) is 0. The summed E-state index contributed by atoms with van der Waals surface area (Å²) in [6, 6.07) is 8.67. The third-order valence-corrected chi connectivity index (χ3v) is 2.81. The van der Waals surface area contributed by atoms with E-state index in [1.54, 1.807) is 7.11 Å². The van der Waals surface area contributed by atoms with Gasteiger partial charge in [-0.2, -0.15) is 0 Å². The molecule has 0 spiro atoms. The lowest BCUT2D eigenvalue weighted by atomic mass is 10.2. The number of nitrogens with two attached hydrogens (primary N) is 1. The van der Waals surface area contributed by atoms with Crippen LogP contribution in [0.2, 0.25) is 0 Å². The lowest BCUT2D eigenvalue weighted by Gasteiger charge is -2.24. The average molecular weight is 236 g/mol. The molecule has 0 atom stereocenters. The Hall–Kier alpha value is -1.06. The van der Waals surface area contributed by atoms with Crippen LogP contribution in [0.5, 0.6) is 0 Å². The van der Waals surface area contributed by atoms with Crippen molar-refractivity contribution in [2.45, 2.75) is 19.8 Å². The third kappa shape index (κ3) is 5.20. The van der Waals surface area contributed by atoms with Gasteiger partial charge in [-0.05, 0) is 38.4 Å². The van der Waals surface area contributed by atoms with Gasteiger partial charge in [-0.3, -0.25) is 0 Å². The molecular formula is C14H24N2O. The summed E-state index contributed by atoms with van der Waals surface area (Å²) in [4.78, 5) is 2.38. The van der Waals surface area contributed by atoms with Gasteiger partial charge in [0.15, 0.2) is 0 Å². The normalized spacial score (nSPS) is 10.5. The van der Waals surface area contributed by atoms with Crippen LogP contribution in [0.3, 0.4) is 0 Å². The van der Waals surface area contributed by atoms with Crippen molar-refractivity contribution in [3.05, 3.63) is 29.8 Å². The minimum atomic E-state index is 0.743. The topological polar surface area (TPSA) is 38.5 Å². The molecule has 0 aliphatic heterocycles. The van der Waals surface area contributed by atoms with Crippen LogP contribution in [0.25, 0.3) is 0 Å². The van der Waals surface area contributed by atoms with E-state index in [2.05, 4.69) is 36.1 Å². The Bertz CT molecular complexity index is 298. The van der Waals surface area contributed by atoms with E-state index in [1.165, 1.54) is 11.3 Å². The highest BCUT2D eigenvalue weighted by Gasteiger charge is 2.05. The molecular weight excluding hydrogens is 212 g/mol. The number of rotatable bonds is 8. The fraction of sp³-hybridized carbons (Fsp3) is 0.571. The van der Waals surface area contributed by atoms with Crippen LogP contribution in [0.15, 0.2) is 24.3 Å². The second-order valence-electron chi connectivity index (χ2n) is 4.31. The van der Waals surface area contributed by atoms with E-state index in [0.29, 0.717) is 0 Å². The molecule has 0 radical (unpaired) electrons. The van der Waals surface area contributed by atoms with E-state index in [0.717, 1.165) is 39.1 Å². The van der Waals surface area contributed by atoms with Gasteiger partial charge in [-0.25, -0.2) is 0 Å². The van der Waals surface area contributed by atoms with E-state index in [4.69, 9.17) is 10.5 Å². The van der Waals surface area contributed by atoms with E-state index in [9.17, 15) is 0 Å². The molecule has 17 heavy (non-hydrogen) atoms. The predicted octanol–water partition coefficient (Wildman–Crippen LogP) is 2.19. The number of benzene rings is 1. The van der Waals surface area contributed by atoms with Crippen molar-refractivity contribution in [2.24, 2.45) is 5.73 Å². The number of hydrogen-bond donors (Lipinski definition) is 1. The number of aryl methyl sites for hydroxylation is 1. The van der Waals surface area contributed by atoms with E-state index in [1.807, 2.05) is 0 Å². The molecule has 0 unspecified atom stereocenters. The highest BCUT2D eigenvalue weighted by atomic mass is 16.5. The third-order valence-electron chi connectivity index (χ3n) is 2.81. The Morgan fingerprint density at radius 2 is 1.76 bits per heavy atom. The molecule has 0 heterocycles. The van der Waals surface area contributed by atoms with Crippen molar-refractivity contribution in [3.8, 4) is 0 Å². The van der Waals surface area contributed by atoms with Gasteiger partial charge in [0.2, 0.25) is 0 Å². The predicted molar refractivity (Wildman–Crippen MR) is 73.6 cm³/mol. The molecule has 1 aromatic rings. The van der Waals surface area contributed by atoms with Crippen LogP contribution >= 0.6 is 0 Å². The summed E-state index contributed by atoms with van der Waals surface area (Å²) in [6.45, 7) is 5.71. The SMILES string of the molecule is COCCCN(CCCN)c1ccc(C)cc1. The molecule has 0 bridgehead atoms. The highest BCUT2D eigenvalue weighted by molar-refractivity contribution is 5.47. The van der Waals surface area contributed by atoms with Crippen LogP contribution in [-0.4, -0.2) is 33.4 Å². The molecule has 3 nitrogen and oxygen atoms in total. The Morgan fingerprint density at radius 1 is 1.12 bits per heavy atom. The average Bonchev–Trinajstić information content (AvgIpc) is 2.35. The summed E-state index contributed by atoms with van der Waals surface area (Å²) in [6.07, 6.45) is 2.08. The zero-order valence-corrected chi connectivity index (χ0v) is 11.0. The second kappa shape index (κ2) is 8.09. The van der Waals surface area contributed by atoms with Gasteiger partial charge < -0.3 is 15.4 Å². The smallest absolute Gasteiger partial charge is 0.0479 e. The first-order valence-corrected chi connectivity index (χ1v) is 6.28. The molecule has 2 N–H and O–H groups in total. The highest BCUT2D eigenvalue weighted by Crippen LogP contribution is 2.15. The lowest BCUT2D eigenvalue weighted by Crippen LogP contribution is -2.27. The van der Waals surface area contributed by atoms with Crippen LogP contribution in [0.1, 0.15) is 18.4 Å². The van der Waals surface area contributed by atoms with E-state index < -0.39 is 0 Å². The second-order valence-corrected chi connectivity index (χ2v) is 4.31. The maximum atomic E-state index is 5.58. The zero-order chi connectivity index (χ0) is 12.5. The molecule has 0 fully saturated rings. The summed E-state index contributed by atoms with van der Waals surface area (Å²) in [5, 5.41) is 0. The van der Waals surface area contributed by atoms with Gasteiger partial charge in [0.25, 0.3) is 0 Å². The lowest BCUT2D eigenvalue weighted by molar-refractivity contribution is 0.196. The molecule has 0 aromatic heterocycles. The van der Waals surface area contributed by atoms with Gasteiger partial charge in [0, 0.05) is 32.5 Å². The molecule has 0 saturated carbocycles. The summed E-state index contributed by atoms with van der Waals surface area (Å²) in [7, 11) is 1.75. The Labute approximate surface area is 105 Å². The molecule has 3 heteroatoms. The first-order valence-electron chi connectivity index (χ1n) is 6.28. The van der Waals surface area contributed by atoms with E-state index >= 15 is 0 Å². The minimum Gasteiger partial charge on any atom is -0.385 e. The van der Waals surface area contributed by atoms with Crippen molar-refractivity contribution in [1.29, 1.82) is 0 Å². The Kier molecular flexibility index (Phi) is 6.67. The monoisotopic (exact) mass is 236 g/mol. The largest absolute Gasteiger partial charge is 0.385 e. The molecule has 1 rings (SSSR count). The summed E-state index contributed by atoms with van der Waals surface area (Å²) >= 11 is 0. The van der Waals surface area contributed by atoms with Crippen LogP contribution in [-0.2, 0) is 4.74 Å². The number of methoxy groups -OCH3 is 1. The van der Waals surface area contributed by atoms with Crippen molar-refractivity contribution in [1.82, 2.24) is 0 Å². The molecule has 0 aliphatic rings. The van der Waals surface area contributed by atoms with Gasteiger partial charge >= 0.3 is 0 Å². The molecule has 96 valence electrons. The fourth-order valence-electron chi connectivity index (χ4n) is 1.81. The zero-order valence-electron chi connectivity index (χ0n) is 11.0. The quantitative estimate of drug-likeness (QED) is 0.703. The maximum Gasteiger partial charge on any atom is 0.0479 e. The maximum absolute atomic E-state index is 5.58. The van der Waals surface area contributed by atoms with Crippen LogP contribution in [0, 0.1) is 6.92 Å². The van der Waals surface area contributed by atoms with Crippen LogP contribution < -0.4 is 10.6 Å². The number of anilines is 1. The van der Waals surface area contributed by atoms with Gasteiger partial charge in [-0.15, -0.1) is 0 Å². The first-order chi connectivity index (χ1) is 8.27. The van der Waals surface area contributed by atoms with Gasteiger partial charge in [0.05, 0.1) is 0 Å². The molecule has 0 saturated heterocycles. The van der Waals surface area contributed by atoms with Gasteiger partial charge in [-0.1, -0.05) is 17.7 Å². The summed E-state index contributed by atoms with van der Waals surface area (Å²) in [5.41, 5.74) is 8.16. The van der Waals surface area contributed by atoms with Crippen molar-refractivity contribution >= 4 is 5.69 Å². The standard InChI is InChI=1S/C14H24N2O/c1-13-5-7-14(8-6-13)16(10-3-9-15)11-4-12-17-2/h5-8H,3-4,9-12,15H2,1-2H3. The van der Waals surface area contributed by atoms with Crippen molar-refractivity contribution in [3.63, 3.8) is 0 Å². The number of nitrogens with zero attached hydrogens (tertiary/aromatic N) is 1. The number of ether oxygens (including phenoxy) is 1. The molecule has 0 amide bonds. The van der Waals surface area contributed by atoms with E-state index in [-0.39, 0.29) is 0 Å². The van der Waals surface area contributed by atoms with Crippen molar-refractivity contribution in [2.75, 3.05) is 38.3 Å². The van der Waals surface area contributed by atoms with Crippen molar-refractivity contribution < 1.29 is 4.74 Å². The van der Waals surface area contributed by atoms with Gasteiger partial charge in [0.1, 0.15) is 0 Å². The number of hydrogen-bond acceptors (Lipinski definition) is 3.